The van der Waals surface area contributed by atoms with E-state index in [0.29, 0.717) is 6.04 Å². The van der Waals surface area contributed by atoms with E-state index in [1.165, 1.54) is 6.42 Å². The molecule has 0 radical (unpaired) electrons. The van der Waals surface area contributed by atoms with E-state index in [0.717, 1.165) is 47.1 Å². The fraction of sp³-hybridized carbons (Fsp3) is 0.600. The second kappa shape index (κ2) is 6.25. The number of nitrogens with zero attached hydrogens (tertiary/aromatic N) is 1. The van der Waals surface area contributed by atoms with Crippen molar-refractivity contribution in [2.24, 2.45) is 0 Å². The minimum Gasteiger partial charge on any atom is -0.398 e. The monoisotopic (exact) mass is 326 g/mol. The fourth-order valence-electron chi connectivity index (χ4n) is 2.89. The van der Waals surface area contributed by atoms with E-state index in [2.05, 4.69) is 33.9 Å². The molecule has 1 aliphatic carbocycles. The Morgan fingerprint density at radius 3 is 2.84 bits per heavy atom. The zero-order valence-electron chi connectivity index (χ0n) is 11.7. The molecule has 4 heteroatoms. The van der Waals surface area contributed by atoms with Gasteiger partial charge in [-0.25, -0.2) is 0 Å². The number of hydrogen-bond acceptors (Lipinski definition) is 3. The predicted molar refractivity (Wildman–Crippen MR) is 83.0 cm³/mol. The number of benzene rings is 1. The second-order valence-electron chi connectivity index (χ2n) is 5.68. The molecule has 0 aromatic heterocycles. The van der Waals surface area contributed by atoms with Crippen LogP contribution in [0.4, 0.5) is 5.69 Å². The van der Waals surface area contributed by atoms with Crippen LogP contribution in [-0.4, -0.2) is 29.2 Å². The first-order valence-corrected chi connectivity index (χ1v) is 7.69. The molecule has 0 amide bonds. The molecule has 0 heterocycles. The molecule has 0 spiro atoms. The van der Waals surface area contributed by atoms with Crippen molar-refractivity contribution in [2.75, 3.05) is 12.8 Å². The normalized spacial score (nSPS) is 23.8. The van der Waals surface area contributed by atoms with Gasteiger partial charge in [0.1, 0.15) is 0 Å². The average Bonchev–Trinajstić information content (AvgIpc) is 2.35. The van der Waals surface area contributed by atoms with E-state index in [4.69, 9.17) is 5.73 Å². The van der Waals surface area contributed by atoms with Gasteiger partial charge in [-0.2, -0.15) is 0 Å². The highest BCUT2D eigenvalue weighted by atomic mass is 79.9. The van der Waals surface area contributed by atoms with Gasteiger partial charge >= 0.3 is 0 Å². The van der Waals surface area contributed by atoms with Crippen molar-refractivity contribution in [3.63, 3.8) is 0 Å². The number of hydrogen-bond donors (Lipinski definition) is 2. The summed E-state index contributed by atoms with van der Waals surface area (Å²) in [5, 5.41) is 9.78. The molecule has 0 saturated heterocycles. The number of halogens is 1. The van der Waals surface area contributed by atoms with Crippen LogP contribution < -0.4 is 5.73 Å². The number of anilines is 1. The summed E-state index contributed by atoms with van der Waals surface area (Å²) in [4.78, 5) is 2.32. The minimum atomic E-state index is -0.136. The van der Waals surface area contributed by atoms with Crippen LogP contribution in [0.1, 0.15) is 36.8 Å². The molecule has 3 N–H and O–H groups in total. The summed E-state index contributed by atoms with van der Waals surface area (Å²) in [6, 6.07) is 4.60. The van der Waals surface area contributed by atoms with Gasteiger partial charge in [-0.1, -0.05) is 15.9 Å². The van der Waals surface area contributed by atoms with Crippen molar-refractivity contribution in [1.29, 1.82) is 0 Å². The maximum Gasteiger partial charge on any atom is 0.0555 e. The third-order valence-corrected chi connectivity index (χ3v) is 4.56. The fourth-order valence-corrected chi connectivity index (χ4v) is 3.51. The highest BCUT2D eigenvalue weighted by Gasteiger charge is 2.23. The van der Waals surface area contributed by atoms with Gasteiger partial charge < -0.3 is 10.8 Å². The molecule has 3 nitrogen and oxygen atoms in total. The first kappa shape index (κ1) is 14.8. The van der Waals surface area contributed by atoms with Gasteiger partial charge in [-0.05, 0) is 62.9 Å². The molecule has 1 aromatic carbocycles. The van der Waals surface area contributed by atoms with Crippen LogP contribution in [0.15, 0.2) is 16.6 Å². The number of aliphatic hydroxyl groups is 1. The maximum absolute atomic E-state index is 9.78. The second-order valence-corrected chi connectivity index (χ2v) is 6.60. The highest BCUT2D eigenvalue weighted by Crippen LogP contribution is 2.27. The summed E-state index contributed by atoms with van der Waals surface area (Å²) in [6.07, 6.45) is 3.97. The summed E-state index contributed by atoms with van der Waals surface area (Å²) in [5.74, 6) is 0. The Balaban J connectivity index is 2.08. The smallest absolute Gasteiger partial charge is 0.0555 e. The lowest BCUT2D eigenvalue weighted by molar-refractivity contribution is 0.0701. The molecule has 0 unspecified atom stereocenters. The van der Waals surface area contributed by atoms with Gasteiger partial charge in [0.15, 0.2) is 0 Å². The zero-order chi connectivity index (χ0) is 14.0. The highest BCUT2D eigenvalue weighted by molar-refractivity contribution is 9.10. The van der Waals surface area contributed by atoms with Crippen molar-refractivity contribution >= 4 is 21.6 Å². The van der Waals surface area contributed by atoms with Gasteiger partial charge in [0.2, 0.25) is 0 Å². The molecule has 0 aliphatic heterocycles. The Morgan fingerprint density at radius 1 is 1.42 bits per heavy atom. The lowest BCUT2D eigenvalue weighted by atomic mass is 9.92. The zero-order valence-corrected chi connectivity index (χ0v) is 13.3. The van der Waals surface area contributed by atoms with Crippen LogP contribution in [0.3, 0.4) is 0 Å². The van der Waals surface area contributed by atoms with E-state index < -0.39 is 0 Å². The van der Waals surface area contributed by atoms with E-state index in [-0.39, 0.29) is 6.10 Å². The molecule has 1 fully saturated rings. The molecule has 2 atom stereocenters. The Hall–Kier alpha value is -0.580. The SMILES string of the molecule is Cc1cc(Br)cc(CN(C)[C@H]2CCC[C@@H](O)C2)c1N. The molecular formula is C15H23BrN2O. The number of nitrogens with two attached hydrogens (primary N) is 1. The standard InChI is InChI=1S/C15H23BrN2O/c1-10-6-12(16)7-11(15(10)17)9-18(2)13-4-3-5-14(19)8-13/h6-7,13-14,19H,3-5,8-9,17H2,1-2H3/t13-,14+/m0/s1. The van der Waals surface area contributed by atoms with Gasteiger partial charge in [-0.15, -0.1) is 0 Å². The molecule has 1 aliphatic rings. The Kier molecular flexibility index (Phi) is 4.87. The average molecular weight is 327 g/mol. The van der Waals surface area contributed by atoms with Crippen molar-refractivity contribution in [3.05, 3.63) is 27.7 Å². The van der Waals surface area contributed by atoms with Gasteiger partial charge in [0.05, 0.1) is 6.10 Å². The lowest BCUT2D eigenvalue weighted by Gasteiger charge is -2.33. The van der Waals surface area contributed by atoms with E-state index in [1.54, 1.807) is 0 Å². The van der Waals surface area contributed by atoms with E-state index in [9.17, 15) is 5.11 Å². The van der Waals surface area contributed by atoms with Crippen LogP contribution in [0.2, 0.25) is 0 Å². The summed E-state index contributed by atoms with van der Waals surface area (Å²) in [7, 11) is 2.12. The minimum absolute atomic E-state index is 0.136. The van der Waals surface area contributed by atoms with Crippen LogP contribution >= 0.6 is 15.9 Å². The van der Waals surface area contributed by atoms with E-state index >= 15 is 0 Å². The molecule has 19 heavy (non-hydrogen) atoms. The number of nitrogen functional groups attached to an aromatic ring is 1. The molecule has 106 valence electrons. The van der Waals surface area contributed by atoms with Crippen LogP contribution in [-0.2, 0) is 6.54 Å². The van der Waals surface area contributed by atoms with Crippen molar-refractivity contribution in [2.45, 2.75) is 51.3 Å². The molecule has 1 aromatic rings. The van der Waals surface area contributed by atoms with Crippen LogP contribution in [0.25, 0.3) is 0 Å². The molecular weight excluding hydrogens is 304 g/mol. The van der Waals surface area contributed by atoms with Gasteiger partial charge in [0.25, 0.3) is 0 Å². The first-order valence-electron chi connectivity index (χ1n) is 6.90. The predicted octanol–water partition coefficient (Wildman–Crippen LogP) is 3.08. The first-order chi connectivity index (χ1) is 8.97. The maximum atomic E-state index is 9.78. The summed E-state index contributed by atoms with van der Waals surface area (Å²) < 4.78 is 1.08. The topological polar surface area (TPSA) is 49.5 Å². The van der Waals surface area contributed by atoms with Gasteiger partial charge in [-0.3, -0.25) is 4.90 Å². The third-order valence-electron chi connectivity index (χ3n) is 4.10. The van der Waals surface area contributed by atoms with Gasteiger partial charge in [0, 0.05) is 22.7 Å². The molecule has 2 rings (SSSR count). The Labute approximate surface area is 123 Å². The molecule has 0 bridgehead atoms. The summed E-state index contributed by atoms with van der Waals surface area (Å²) in [6.45, 7) is 2.87. The number of aryl methyl sites for hydroxylation is 1. The largest absolute Gasteiger partial charge is 0.398 e. The van der Waals surface area contributed by atoms with Crippen molar-refractivity contribution < 1.29 is 5.11 Å². The molecule has 1 saturated carbocycles. The van der Waals surface area contributed by atoms with E-state index in [1.807, 2.05) is 13.0 Å². The van der Waals surface area contributed by atoms with Crippen LogP contribution in [0.5, 0.6) is 0 Å². The van der Waals surface area contributed by atoms with Crippen LogP contribution in [0, 0.1) is 6.92 Å². The Morgan fingerprint density at radius 2 is 2.16 bits per heavy atom. The number of aliphatic hydroxyl groups excluding tert-OH is 1. The van der Waals surface area contributed by atoms with Crippen molar-refractivity contribution in [3.8, 4) is 0 Å². The Bertz CT molecular complexity index is 450. The van der Waals surface area contributed by atoms with Crippen molar-refractivity contribution in [1.82, 2.24) is 4.90 Å². The summed E-state index contributed by atoms with van der Waals surface area (Å²) >= 11 is 3.53. The summed E-state index contributed by atoms with van der Waals surface area (Å²) in [5.41, 5.74) is 9.31. The lowest BCUT2D eigenvalue weighted by Crippen LogP contribution is -2.37. The third kappa shape index (κ3) is 3.71. The quantitative estimate of drug-likeness (QED) is 0.839. The number of rotatable bonds is 3.